The molecule has 0 saturated heterocycles. The van der Waals surface area contributed by atoms with Crippen molar-refractivity contribution in [1.82, 2.24) is 0 Å². The van der Waals surface area contributed by atoms with Gasteiger partial charge in [0.2, 0.25) is 0 Å². The summed E-state index contributed by atoms with van der Waals surface area (Å²) in [6.45, 7) is 1.91. The summed E-state index contributed by atoms with van der Waals surface area (Å²) in [5, 5.41) is 25.9. The normalized spacial score (nSPS) is 14.8. The summed E-state index contributed by atoms with van der Waals surface area (Å²) in [5.41, 5.74) is 0. The fourth-order valence-corrected chi connectivity index (χ4v) is 2.09. The van der Waals surface area contributed by atoms with Crippen LogP contribution in [0.3, 0.4) is 0 Å². The molecule has 24 heavy (non-hydrogen) atoms. The van der Waals surface area contributed by atoms with Crippen LogP contribution in [-0.4, -0.2) is 33.8 Å². The van der Waals surface area contributed by atoms with E-state index >= 15 is 0 Å². The van der Waals surface area contributed by atoms with Crippen LogP contribution in [0.25, 0.3) is 0 Å². The standard InChI is InChI=1S/C18H30O6/c1-2-16(23-21)12-8-6-7-10-14-17(24-22)13-9-4-3-5-11-15-18(19)20/h6-8,10,12,14,16-17,21-22H,2-5,9,11,13,15H2,1H3,(H,19,20)/b7-6-,12-8+,14-10+/t16-,17-/m0/s1. The van der Waals surface area contributed by atoms with Crippen molar-refractivity contribution < 1.29 is 30.2 Å². The van der Waals surface area contributed by atoms with Crippen LogP contribution in [0.5, 0.6) is 0 Å². The van der Waals surface area contributed by atoms with Crippen LogP contribution in [-0.2, 0) is 14.6 Å². The van der Waals surface area contributed by atoms with Crippen LogP contribution in [0.2, 0.25) is 0 Å². The van der Waals surface area contributed by atoms with Crippen molar-refractivity contribution in [2.24, 2.45) is 0 Å². The molecule has 0 aliphatic carbocycles. The predicted octanol–water partition coefficient (Wildman–Crippen LogP) is 4.60. The van der Waals surface area contributed by atoms with E-state index in [1.165, 1.54) is 0 Å². The first-order valence-electron chi connectivity index (χ1n) is 8.47. The van der Waals surface area contributed by atoms with Crippen LogP contribution in [0.15, 0.2) is 36.5 Å². The van der Waals surface area contributed by atoms with Gasteiger partial charge in [0.25, 0.3) is 0 Å². The number of carboxylic acids is 1. The highest BCUT2D eigenvalue weighted by Crippen LogP contribution is 2.11. The predicted molar refractivity (Wildman–Crippen MR) is 92.7 cm³/mol. The molecule has 0 heterocycles. The number of carboxylic acid groups (broad SMARTS) is 1. The number of hydrogen-bond acceptors (Lipinski definition) is 5. The first-order valence-corrected chi connectivity index (χ1v) is 8.47. The van der Waals surface area contributed by atoms with Crippen LogP contribution < -0.4 is 0 Å². The van der Waals surface area contributed by atoms with Gasteiger partial charge in [-0.15, -0.1) is 0 Å². The Bertz CT molecular complexity index is 385. The van der Waals surface area contributed by atoms with Crippen molar-refractivity contribution in [3.63, 3.8) is 0 Å². The molecule has 6 heteroatoms. The minimum atomic E-state index is -0.745. The molecule has 0 spiro atoms. The summed E-state index contributed by atoms with van der Waals surface area (Å²) in [7, 11) is 0. The van der Waals surface area contributed by atoms with E-state index in [2.05, 4.69) is 9.78 Å². The van der Waals surface area contributed by atoms with Crippen molar-refractivity contribution in [3.05, 3.63) is 36.5 Å². The lowest BCUT2D eigenvalue weighted by atomic mass is 10.1. The minimum Gasteiger partial charge on any atom is -0.481 e. The van der Waals surface area contributed by atoms with Gasteiger partial charge < -0.3 is 5.11 Å². The third kappa shape index (κ3) is 14.1. The Balaban J connectivity index is 3.83. The highest BCUT2D eigenvalue weighted by Gasteiger charge is 2.04. The van der Waals surface area contributed by atoms with Gasteiger partial charge in [-0.05, 0) is 19.3 Å². The van der Waals surface area contributed by atoms with Crippen molar-refractivity contribution in [3.8, 4) is 0 Å². The minimum absolute atomic E-state index is 0.231. The van der Waals surface area contributed by atoms with E-state index in [0.29, 0.717) is 19.3 Å². The van der Waals surface area contributed by atoms with Gasteiger partial charge in [-0.2, -0.15) is 0 Å². The average molecular weight is 342 g/mol. The Morgan fingerprint density at radius 3 is 1.96 bits per heavy atom. The zero-order valence-corrected chi connectivity index (χ0v) is 14.3. The third-order valence-corrected chi connectivity index (χ3v) is 3.54. The fraction of sp³-hybridized carbons (Fsp3) is 0.611. The quantitative estimate of drug-likeness (QED) is 0.174. The second kappa shape index (κ2) is 16.4. The molecule has 138 valence electrons. The van der Waals surface area contributed by atoms with Crippen molar-refractivity contribution in [1.29, 1.82) is 0 Å². The third-order valence-electron chi connectivity index (χ3n) is 3.54. The number of carbonyl (C=O) groups is 1. The summed E-state index contributed by atoms with van der Waals surface area (Å²) in [6.07, 6.45) is 16.2. The topological polar surface area (TPSA) is 96.2 Å². The summed E-state index contributed by atoms with van der Waals surface area (Å²) in [6, 6.07) is 0. The summed E-state index contributed by atoms with van der Waals surface area (Å²) in [5.74, 6) is -0.745. The first kappa shape index (κ1) is 22.5. The van der Waals surface area contributed by atoms with Crippen LogP contribution in [0.4, 0.5) is 0 Å². The maximum atomic E-state index is 10.4. The van der Waals surface area contributed by atoms with Gasteiger partial charge in [-0.1, -0.05) is 69.1 Å². The maximum absolute atomic E-state index is 10.4. The molecule has 0 aromatic rings. The molecule has 0 unspecified atom stereocenters. The van der Waals surface area contributed by atoms with Gasteiger partial charge in [-0.25, -0.2) is 9.78 Å². The van der Waals surface area contributed by atoms with Gasteiger partial charge >= 0.3 is 5.97 Å². The molecule has 0 amide bonds. The smallest absolute Gasteiger partial charge is 0.303 e. The first-order chi connectivity index (χ1) is 11.6. The lowest BCUT2D eigenvalue weighted by molar-refractivity contribution is -0.267. The number of unbranched alkanes of at least 4 members (excludes halogenated alkanes) is 4. The second-order valence-corrected chi connectivity index (χ2v) is 5.55. The molecule has 0 aliphatic rings. The molecule has 0 aliphatic heterocycles. The SMILES string of the molecule is CC[C@@H](/C=C/C=C\C=C\[C@H](CCCCCCCC(=O)O)OO)OO. The molecule has 0 radical (unpaired) electrons. The monoisotopic (exact) mass is 342 g/mol. The number of rotatable bonds is 15. The van der Waals surface area contributed by atoms with E-state index in [1.807, 2.05) is 6.92 Å². The molecule has 0 aromatic carbocycles. The van der Waals surface area contributed by atoms with Crippen molar-refractivity contribution in [2.75, 3.05) is 0 Å². The number of hydrogen-bond donors (Lipinski definition) is 3. The van der Waals surface area contributed by atoms with Gasteiger partial charge in [0.05, 0.1) is 0 Å². The van der Waals surface area contributed by atoms with E-state index in [1.54, 1.807) is 36.5 Å². The van der Waals surface area contributed by atoms with Crippen LogP contribution in [0, 0.1) is 0 Å². The Kier molecular flexibility index (Phi) is 15.4. The Morgan fingerprint density at radius 1 is 0.875 bits per heavy atom. The number of allylic oxidation sites excluding steroid dienone is 4. The molecule has 0 aromatic heterocycles. The van der Waals surface area contributed by atoms with Gasteiger partial charge in [0.1, 0.15) is 12.2 Å². The highest BCUT2D eigenvalue weighted by atomic mass is 17.1. The zero-order valence-electron chi connectivity index (χ0n) is 14.3. The lowest BCUT2D eigenvalue weighted by Crippen LogP contribution is -2.06. The Hall–Kier alpha value is -1.47. The molecule has 3 N–H and O–H groups in total. The Labute approximate surface area is 144 Å². The summed E-state index contributed by atoms with van der Waals surface area (Å²) >= 11 is 0. The largest absolute Gasteiger partial charge is 0.481 e. The summed E-state index contributed by atoms with van der Waals surface area (Å²) in [4.78, 5) is 19.0. The van der Waals surface area contributed by atoms with E-state index in [-0.39, 0.29) is 18.6 Å². The van der Waals surface area contributed by atoms with E-state index < -0.39 is 5.97 Å². The van der Waals surface area contributed by atoms with Gasteiger partial charge in [0.15, 0.2) is 0 Å². The van der Waals surface area contributed by atoms with E-state index in [4.69, 9.17) is 15.6 Å². The number of aliphatic carboxylic acids is 1. The van der Waals surface area contributed by atoms with Gasteiger partial charge in [0, 0.05) is 6.42 Å². The van der Waals surface area contributed by atoms with Crippen molar-refractivity contribution >= 4 is 5.97 Å². The second-order valence-electron chi connectivity index (χ2n) is 5.55. The van der Waals surface area contributed by atoms with Gasteiger partial charge in [-0.3, -0.25) is 15.3 Å². The Morgan fingerprint density at radius 2 is 1.42 bits per heavy atom. The summed E-state index contributed by atoms with van der Waals surface area (Å²) < 4.78 is 0. The van der Waals surface area contributed by atoms with E-state index in [9.17, 15) is 4.79 Å². The average Bonchev–Trinajstić information content (AvgIpc) is 2.58. The molecular formula is C18H30O6. The molecule has 0 saturated carbocycles. The molecule has 2 atom stereocenters. The molecule has 0 bridgehead atoms. The molecular weight excluding hydrogens is 312 g/mol. The highest BCUT2D eigenvalue weighted by molar-refractivity contribution is 5.66. The van der Waals surface area contributed by atoms with E-state index in [0.717, 1.165) is 25.7 Å². The molecule has 6 nitrogen and oxygen atoms in total. The van der Waals surface area contributed by atoms with Crippen molar-refractivity contribution in [2.45, 2.75) is 70.5 Å². The van der Waals surface area contributed by atoms with Crippen LogP contribution >= 0.6 is 0 Å². The lowest BCUT2D eigenvalue weighted by Gasteiger charge is -2.08. The molecule has 0 fully saturated rings. The van der Waals surface area contributed by atoms with Crippen LogP contribution in [0.1, 0.15) is 58.3 Å². The maximum Gasteiger partial charge on any atom is 0.303 e. The molecule has 0 rings (SSSR count). The zero-order chi connectivity index (χ0) is 18.0. The fourth-order valence-electron chi connectivity index (χ4n) is 2.09.